The Labute approximate surface area is 119 Å². The first-order valence-electron chi connectivity index (χ1n) is 6.95. The lowest BCUT2D eigenvalue weighted by Gasteiger charge is -2.11. The van der Waals surface area contributed by atoms with E-state index in [-0.39, 0.29) is 5.28 Å². The van der Waals surface area contributed by atoms with Gasteiger partial charge in [0.1, 0.15) is 0 Å². The quantitative estimate of drug-likeness (QED) is 0.869. The van der Waals surface area contributed by atoms with Crippen LogP contribution in [0.2, 0.25) is 5.28 Å². The minimum atomic E-state index is 0.170. The summed E-state index contributed by atoms with van der Waals surface area (Å²) in [7, 11) is 0. The molecule has 2 atom stereocenters. The molecule has 6 heteroatoms. The molecule has 0 saturated heterocycles. The number of ether oxygens (including phenoxy) is 1. The van der Waals surface area contributed by atoms with Crippen molar-refractivity contribution in [2.24, 2.45) is 11.8 Å². The molecule has 1 fully saturated rings. The molecule has 0 aromatic carbocycles. The Kier molecular flexibility index (Phi) is 5.19. The van der Waals surface area contributed by atoms with Crippen molar-refractivity contribution in [2.45, 2.75) is 39.5 Å². The van der Waals surface area contributed by atoms with Gasteiger partial charge in [0.15, 0.2) is 0 Å². The Morgan fingerprint density at radius 1 is 1.32 bits per heavy atom. The standard InChI is InChI=1S/C13H21ClN4O/c1-3-6-19-13-17-11(14)16-12(18-13)15-8-10-5-4-9(2)7-10/h9-10H,3-8H2,1-2H3,(H,15,16,17,18). The molecular weight excluding hydrogens is 264 g/mol. The lowest BCUT2D eigenvalue weighted by Crippen LogP contribution is -2.14. The van der Waals surface area contributed by atoms with Crippen LogP contribution in [0.4, 0.5) is 5.95 Å². The van der Waals surface area contributed by atoms with Crippen LogP contribution in [0.25, 0.3) is 0 Å². The van der Waals surface area contributed by atoms with Gasteiger partial charge in [-0.15, -0.1) is 0 Å². The van der Waals surface area contributed by atoms with Gasteiger partial charge in [0.25, 0.3) is 0 Å². The highest BCUT2D eigenvalue weighted by Gasteiger charge is 2.21. The maximum atomic E-state index is 5.87. The van der Waals surface area contributed by atoms with Gasteiger partial charge in [-0.3, -0.25) is 0 Å². The van der Waals surface area contributed by atoms with Crippen LogP contribution in [0.15, 0.2) is 0 Å². The van der Waals surface area contributed by atoms with Crippen LogP contribution in [0.5, 0.6) is 6.01 Å². The molecule has 1 aromatic heterocycles. The summed E-state index contributed by atoms with van der Waals surface area (Å²) < 4.78 is 5.38. The molecule has 1 aliphatic rings. The van der Waals surface area contributed by atoms with Crippen molar-refractivity contribution in [1.82, 2.24) is 15.0 Å². The minimum Gasteiger partial charge on any atom is -0.463 e. The molecule has 106 valence electrons. The molecule has 1 aliphatic carbocycles. The lowest BCUT2D eigenvalue weighted by molar-refractivity contribution is 0.291. The summed E-state index contributed by atoms with van der Waals surface area (Å²) in [6.07, 6.45) is 4.76. The average molecular weight is 285 g/mol. The molecule has 0 bridgehead atoms. The van der Waals surface area contributed by atoms with Crippen molar-refractivity contribution in [3.8, 4) is 6.01 Å². The van der Waals surface area contributed by atoms with Crippen molar-refractivity contribution in [1.29, 1.82) is 0 Å². The Morgan fingerprint density at radius 2 is 2.16 bits per heavy atom. The first-order valence-corrected chi connectivity index (χ1v) is 7.33. The van der Waals surface area contributed by atoms with E-state index >= 15 is 0 Å². The molecule has 0 amide bonds. The van der Waals surface area contributed by atoms with E-state index in [2.05, 4.69) is 27.2 Å². The summed E-state index contributed by atoms with van der Waals surface area (Å²) in [5.74, 6) is 2.04. The monoisotopic (exact) mass is 284 g/mol. The highest BCUT2D eigenvalue weighted by molar-refractivity contribution is 6.28. The molecule has 0 aliphatic heterocycles. The first-order chi connectivity index (χ1) is 9.17. The Morgan fingerprint density at radius 3 is 2.84 bits per heavy atom. The molecular formula is C13H21ClN4O. The van der Waals surface area contributed by atoms with Gasteiger partial charge in [-0.2, -0.15) is 15.0 Å². The summed E-state index contributed by atoms with van der Waals surface area (Å²) in [6, 6.07) is 0.295. The molecule has 2 rings (SSSR count). The fourth-order valence-corrected chi connectivity index (χ4v) is 2.57. The highest BCUT2D eigenvalue weighted by Crippen LogP contribution is 2.30. The van der Waals surface area contributed by atoms with E-state index < -0.39 is 0 Å². The number of hydrogen-bond acceptors (Lipinski definition) is 5. The molecule has 2 unspecified atom stereocenters. The van der Waals surface area contributed by atoms with Crippen molar-refractivity contribution in [3.05, 3.63) is 5.28 Å². The van der Waals surface area contributed by atoms with Crippen LogP contribution in [0.1, 0.15) is 39.5 Å². The third-order valence-corrected chi connectivity index (χ3v) is 3.54. The maximum Gasteiger partial charge on any atom is 0.322 e. The van der Waals surface area contributed by atoms with E-state index in [4.69, 9.17) is 16.3 Å². The summed E-state index contributed by atoms with van der Waals surface area (Å²) in [5, 5.41) is 3.41. The van der Waals surface area contributed by atoms with Crippen LogP contribution in [-0.4, -0.2) is 28.1 Å². The van der Waals surface area contributed by atoms with E-state index in [1.54, 1.807) is 0 Å². The topological polar surface area (TPSA) is 59.9 Å². The zero-order valence-corrected chi connectivity index (χ0v) is 12.3. The van der Waals surface area contributed by atoms with Crippen LogP contribution in [0.3, 0.4) is 0 Å². The Hall–Kier alpha value is -1.10. The SMILES string of the molecule is CCCOc1nc(Cl)nc(NCC2CCC(C)C2)n1. The summed E-state index contributed by atoms with van der Waals surface area (Å²) in [5.41, 5.74) is 0. The van der Waals surface area contributed by atoms with E-state index in [9.17, 15) is 0 Å². The Bertz CT molecular complexity index is 416. The average Bonchev–Trinajstić information content (AvgIpc) is 2.79. The molecule has 1 saturated carbocycles. The number of nitrogens with zero attached hydrogens (tertiary/aromatic N) is 3. The smallest absolute Gasteiger partial charge is 0.322 e. The van der Waals surface area contributed by atoms with Crippen molar-refractivity contribution in [3.63, 3.8) is 0 Å². The molecule has 0 spiro atoms. The molecule has 1 aromatic rings. The van der Waals surface area contributed by atoms with Gasteiger partial charge in [-0.1, -0.05) is 20.3 Å². The van der Waals surface area contributed by atoms with Gasteiger partial charge in [-0.25, -0.2) is 0 Å². The molecule has 19 heavy (non-hydrogen) atoms. The second-order valence-corrected chi connectivity index (χ2v) is 5.56. The predicted octanol–water partition coefficient (Wildman–Crippen LogP) is 3.16. The second-order valence-electron chi connectivity index (χ2n) is 5.22. The third kappa shape index (κ3) is 4.49. The normalized spacial score (nSPS) is 22.5. The third-order valence-electron chi connectivity index (χ3n) is 3.38. The predicted molar refractivity (Wildman–Crippen MR) is 75.6 cm³/mol. The van der Waals surface area contributed by atoms with E-state index in [1.807, 2.05) is 6.92 Å². The fourth-order valence-electron chi connectivity index (χ4n) is 2.41. The summed E-state index contributed by atoms with van der Waals surface area (Å²) >= 11 is 5.87. The Balaban J connectivity index is 1.90. The molecule has 1 heterocycles. The number of anilines is 1. The highest BCUT2D eigenvalue weighted by atomic mass is 35.5. The van der Waals surface area contributed by atoms with Gasteiger partial charge < -0.3 is 10.1 Å². The largest absolute Gasteiger partial charge is 0.463 e. The van der Waals surface area contributed by atoms with Gasteiger partial charge in [0.2, 0.25) is 11.2 Å². The number of aromatic nitrogens is 3. The van der Waals surface area contributed by atoms with Gasteiger partial charge in [0, 0.05) is 6.54 Å². The maximum absolute atomic E-state index is 5.87. The van der Waals surface area contributed by atoms with Gasteiger partial charge >= 0.3 is 6.01 Å². The number of hydrogen-bond donors (Lipinski definition) is 1. The zero-order valence-electron chi connectivity index (χ0n) is 11.5. The van der Waals surface area contributed by atoms with Crippen molar-refractivity contribution in [2.75, 3.05) is 18.5 Å². The molecule has 1 N–H and O–H groups in total. The van der Waals surface area contributed by atoms with Gasteiger partial charge in [-0.05, 0) is 42.7 Å². The fraction of sp³-hybridized carbons (Fsp3) is 0.769. The molecule has 0 radical (unpaired) electrons. The number of rotatable bonds is 6. The van der Waals surface area contributed by atoms with E-state index in [0.29, 0.717) is 24.5 Å². The minimum absolute atomic E-state index is 0.170. The first kappa shape index (κ1) is 14.3. The van der Waals surface area contributed by atoms with Crippen LogP contribution < -0.4 is 10.1 Å². The summed E-state index contributed by atoms with van der Waals surface area (Å²) in [6.45, 7) is 5.80. The van der Waals surface area contributed by atoms with E-state index in [1.165, 1.54) is 19.3 Å². The second kappa shape index (κ2) is 6.89. The van der Waals surface area contributed by atoms with Crippen LogP contribution in [0, 0.1) is 11.8 Å². The number of nitrogens with one attached hydrogen (secondary N) is 1. The summed E-state index contributed by atoms with van der Waals surface area (Å²) in [4.78, 5) is 12.2. The van der Waals surface area contributed by atoms with Crippen molar-refractivity contribution >= 4 is 17.5 Å². The van der Waals surface area contributed by atoms with Crippen molar-refractivity contribution < 1.29 is 4.74 Å². The number of halogens is 1. The molecule has 5 nitrogen and oxygen atoms in total. The lowest BCUT2D eigenvalue weighted by atomic mass is 10.1. The van der Waals surface area contributed by atoms with E-state index in [0.717, 1.165) is 18.9 Å². The van der Waals surface area contributed by atoms with Crippen LogP contribution >= 0.6 is 11.6 Å². The van der Waals surface area contributed by atoms with Crippen LogP contribution in [-0.2, 0) is 0 Å². The zero-order chi connectivity index (χ0) is 13.7. The van der Waals surface area contributed by atoms with Gasteiger partial charge in [0.05, 0.1) is 6.61 Å².